The first-order chi connectivity index (χ1) is 13.4. The number of hydrogen-bond donors (Lipinski definition) is 3. The van der Waals surface area contributed by atoms with Crippen LogP contribution < -0.4 is 16.0 Å². The Morgan fingerprint density at radius 1 is 1.21 bits per heavy atom. The highest BCUT2D eigenvalue weighted by Crippen LogP contribution is 2.26. The van der Waals surface area contributed by atoms with E-state index < -0.39 is 6.23 Å². The lowest BCUT2D eigenvalue weighted by molar-refractivity contribution is 0.187. The molecule has 0 saturated carbocycles. The van der Waals surface area contributed by atoms with E-state index in [1.807, 2.05) is 28.8 Å². The summed E-state index contributed by atoms with van der Waals surface area (Å²) in [5.41, 5.74) is 8.17. The molecule has 0 amide bonds. The fourth-order valence-electron chi connectivity index (χ4n) is 2.92. The minimum absolute atomic E-state index is 0.186. The zero-order valence-corrected chi connectivity index (χ0v) is 17.1. The van der Waals surface area contributed by atoms with E-state index in [9.17, 15) is 5.11 Å². The Balaban J connectivity index is 2.02. The molecule has 2 heterocycles. The molecule has 0 aliphatic heterocycles. The van der Waals surface area contributed by atoms with Crippen molar-refractivity contribution in [3.63, 3.8) is 0 Å². The molecular weight excluding hydrogens is 378 g/mol. The second-order valence-corrected chi connectivity index (χ2v) is 7.32. The number of benzene rings is 1. The van der Waals surface area contributed by atoms with Crippen molar-refractivity contribution in [3.8, 4) is 0 Å². The van der Waals surface area contributed by atoms with Crippen LogP contribution in [0, 0.1) is 0 Å². The number of nitrogens with zero attached hydrogens (tertiary/aromatic N) is 5. The largest absolute Gasteiger partial charge is 0.374 e. The summed E-state index contributed by atoms with van der Waals surface area (Å²) in [6, 6.07) is 7.80. The van der Waals surface area contributed by atoms with Crippen molar-refractivity contribution in [3.05, 3.63) is 41.2 Å². The van der Waals surface area contributed by atoms with E-state index in [1.165, 1.54) is 0 Å². The van der Waals surface area contributed by atoms with E-state index in [0.717, 1.165) is 5.56 Å². The van der Waals surface area contributed by atoms with Gasteiger partial charge in [0.15, 0.2) is 17.0 Å². The highest BCUT2D eigenvalue weighted by atomic mass is 35.5. The molecule has 9 heteroatoms. The number of hydrogen-bond acceptors (Lipinski definition) is 7. The van der Waals surface area contributed by atoms with Gasteiger partial charge < -0.3 is 25.6 Å². The summed E-state index contributed by atoms with van der Waals surface area (Å²) < 4.78 is 1.98. The van der Waals surface area contributed by atoms with Gasteiger partial charge in [0.05, 0.1) is 6.33 Å². The number of fused-ring (bicyclic) bond motifs is 1. The molecule has 0 saturated heterocycles. The van der Waals surface area contributed by atoms with Crippen LogP contribution in [0.4, 0.5) is 11.8 Å². The molecule has 8 nitrogen and oxygen atoms in total. The second-order valence-electron chi connectivity index (χ2n) is 6.88. The first kappa shape index (κ1) is 20.3. The van der Waals surface area contributed by atoms with Crippen LogP contribution >= 0.6 is 11.6 Å². The predicted octanol–water partition coefficient (Wildman–Crippen LogP) is 2.78. The van der Waals surface area contributed by atoms with E-state index >= 15 is 0 Å². The predicted molar refractivity (Wildman–Crippen MR) is 113 cm³/mol. The van der Waals surface area contributed by atoms with Gasteiger partial charge in [-0.25, -0.2) is 4.98 Å². The molecule has 0 aliphatic rings. The molecule has 3 aromatic rings. The first-order valence-electron chi connectivity index (χ1n) is 9.28. The third-order valence-corrected chi connectivity index (χ3v) is 4.67. The van der Waals surface area contributed by atoms with E-state index in [1.54, 1.807) is 18.2 Å². The van der Waals surface area contributed by atoms with Crippen LogP contribution in [-0.4, -0.2) is 43.9 Å². The summed E-state index contributed by atoms with van der Waals surface area (Å²) in [4.78, 5) is 15.5. The van der Waals surface area contributed by atoms with Crippen LogP contribution in [0.1, 0.15) is 32.4 Å². The van der Waals surface area contributed by atoms with E-state index in [4.69, 9.17) is 17.3 Å². The van der Waals surface area contributed by atoms with Crippen LogP contribution in [0.15, 0.2) is 30.6 Å². The normalized spacial score (nSPS) is 12.5. The number of aromatic nitrogens is 4. The molecule has 3 rings (SSSR count). The molecule has 1 unspecified atom stereocenters. The zero-order chi connectivity index (χ0) is 20.3. The Kier molecular flexibility index (Phi) is 6.33. The highest BCUT2D eigenvalue weighted by Gasteiger charge is 2.20. The Bertz CT molecular complexity index is 924. The lowest BCUT2D eigenvalue weighted by Gasteiger charge is -2.25. The van der Waals surface area contributed by atoms with E-state index in [2.05, 4.69) is 34.1 Å². The Morgan fingerprint density at radius 2 is 1.93 bits per heavy atom. The van der Waals surface area contributed by atoms with Gasteiger partial charge in [0.25, 0.3) is 0 Å². The summed E-state index contributed by atoms with van der Waals surface area (Å²) in [7, 11) is 0. The Labute approximate surface area is 169 Å². The number of imidazole rings is 1. The maximum Gasteiger partial charge on any atom is 0.231 e. The molecule has 0 fully saturated rings. The molecule has 0 aliphatic carbocycles. The third kappa shape index (κ3) is 4.35. The maximum atomic E-state index is 10.2. The van der Waals surface area contributed by atoms with Crippen LogP contribution in [0.25, 0.3) is 11.2 Å². The fourth-order valence-corrected chi connectivity index (χ4v) is 3.04. The number of halogens is 1. The van der Waals surface area contributed by atoms with Crippen molar-refractivity contribution in [1.29, 1.82) is 0 Å². The molecule has 0 spiro atoms. The van der Waals surface area contributed by atoms with Crippen LogP contribution in [0.3, 0.4) is 0 Å². The van der Waals surface area contributed by atoms with Gasteiger partial charge in [-0.3, -0.25) is 0 Å². The second kappa shape index (κ2) is 8.72. The number of nitrogens with two attached hydrogens (primary N) is 1. The smallest absolute Gasteiger partial charge is 0.231 e. The number of aliphatic hydroxyl groups excluding tert-OH is 1. The van der Waals surface area contributed by atoms with E-state index in [-0.39, 0.29) is 6.04 Å². The van der Waals surface area contributed by atoms with Gasteiger partial charge in [0, 0.05) is 30.7 Å². The maximum absolute atomic E-state index is 10.2. The van der Waals surface area contributed by atoms with Crippen LogP contribution in [-0.2, 0) is 6.54 Å². The molecule has 28 heavy (non-hydrogen) atoms. The van der Waals surface area contributed by atoms with Gasteiger partial charge in [-0.1, -0.05) is 23.7 Å². The lowest BCUT2D eigenvalue weighted by Crippen LogP contribution is -2.38. The van der Waals surface area contributed by atoms with Gasteiger partial charge in [-0.2, -0.15) is 9.97 Å². The van der Waals surface area contributed by atoms with Crippen molar-refractivity contribution in [2.75, 3.05) is 23.3 Å². The van der Waals surface area contributed by atoms with Gasteiger partial charge >= 0.3 is 0 Å². The van der Waals surface area contributed by atoms with Gasteiger partial charge in [-0.05, 0) is 38.5 Å². The minimum atomic E-state index is -0.763. The quantitative estimate of drug-likeness (QED) is 0.496. The van der Waals surface area contributed by atoms with Gasteiger partial charge in [0.1, 0.15) is 6.23 Å². The molecule has 1 atom stereocenters. The van der Waals surface area contributed by atoms with Crippen molar-refractivity contribution in [2.45, 2.75) is 39.6 Å². The third-order valence-electron chi connectivity index (χ3n) is 4.42. The molecule has 0 bridgehead atoms. The standard InChI is InChI=1S/C19H26ClN7O/c1-12(2)27-11-23-16-17(22-10-14-4-6-15(20)7-5-14)24-19(25-18(16)27)26(9-8-21)13(3)28/h4-7,11-13,28H,8-10,21H2,1-3H3,(H,22,24,25). The monoisotopic (exact) mass is 403 g/mol. The van der Waals surface area contributed by atoms with E-state index in [0.29, 0.717) is 47.6 Å². The fraction of sp³-hybridized carbons (Fsp3) is 0.421. The SMILES string of the molecule is CC(O)N(CCN)c1nc(NCc2ccc(Cl)cc2)c2ncn(C(C)C)c2n1. The van der Waals surface area contributed by atoms with Gasteiger partial charge in [-0.15, -0.1) is 0 Å². The minimum Gasteiger partial charge on any atom is -0.374 e. The molecule has 2 aromatic heterocycles. The molecular formula is C19H26ClN7O. The number of aliphatic hydroxyl groups is 1. The van der Waals surface area contributed by atoms with Gasteiger partial charge in [0.2, 0.25) is 5.95 Å². The summed E-state index contributed by atoms with van der Waals surface area (Å²) in [5, 5.41) is 14.2. The Morgan fingerprint density at radius 3 is 2.54 bits per heavy atom. The highest BCUT2D eigenvalue weighted by molar-refractivity contribution is 6.30. The summed E-state index contributed by atoms with van der Waals surface area (Å²) in [6.07, 6.45) is 0.997. The lowest BCUT2D eigenvalue weighted by atomic mass is 10.2. The number of rotatable bonds is 8. The van der Waals surface area contributed by atoms with Crippen LogP contribution in [0.2, 0.25) is 5.02 Å². The van der Waals surface area contributed by atoms with Crippen LogP contribution in [0.5, 0.6) is 0 Å². The molecule has 0 radical (unpaired) electrons. The van der Waals surface area contributed by atoms with Crippen molar-refractivity contribution in [2.24, 2.45) is 5.73 Å². The number of anilines is 2. The zero-order valence-electron chi connectivity index (χ0n) is 16.3. The summed E-state index contributed by atoms with van der Waals surface area (Å²) >= 11 is 5.96. The average molecular weight is 404 g/mol. The van der Waals surface area contributed by atoms with Crippen molar-refractivity contribution < 1.29 is 5.11 Å². The molecule has 4 N–H and O–H groups in total. The topological polar surface area (TPSA) is 105 Å². The molecule has 1 aromatic carbocycles. The molecule has 150 valence electrons. The van der Waals surface area contributed by atoms with Crippen molar-refractivity contribution in [1.82, 2.24) is 19.5 Å². The average Bonchev–Trinajstić information content (AvgIpc) is 3.09. The Hall–Kier alpha value is -2.42. The summed E-state index contributed by atoms with van der Waals surface area (Å²) in [5.74, 6) is 1.02. The van der Waals surface area contributed by atoms with Crippen molar-refractivity contribution >= 4 is 34.5 Å². The summed E-state index contributed by atoms with van der Waals surface area (Å²) in [6.45, 7) is 7.18. The number of nitrogens with one attached hydrogen (secondary N) is 1. The first-order valence-corrected chi connectivity index (χ1v) is 9.66.